The number of nitrogens with one attached hydrogen (secondary N) is 1. The summed E-state index contributed by atoms with van der Waals surface area (Å²) in [7, 11) is 1.33. The minimum atomic E-state index is -0.466. The maximum atomic E-state index is 12.7. The molecule has 0 fully saturated rings. The third-order valence-corrected chi connectivity index (χ3v) is 7.74. The van der Waals surface area contributed by atoms with Gasteiger partial charge < -0.3 is 19.4 Å². The molecule has 3 rings (SSSR count). The molecule has 2 heterocycles. The van der Waals surface area contributed by atoms with Gasteiger partial charge in [-0.25, -0.2) is 4.79 Å². The first-order valence-corrected chi connectivity index (χ1v) is 13.7. The minimum absolute atomic E-state index is 0.0770. The fraction of sp³-hybridized carbons (Fsp3) is 0.462. The minimum Gasteiger partial charge on any atom is -0.483 e. The van der Waals surface area contributed by atoms with Crippen molar-refractivity contribution in [2.75, 3.05) is 18.2 Å². The van der Waals surface area contributed by atoms with E-state index in [1.165, 1.54) is 35.8 Å². The van der Waals surface area contributed by atoms with Crippen molar-refractivity contribution in [3.8, 4) is 5.75 Å². The second-order valence-electron chi connectivity index (χ2n) is 9.26. The molecule has 0 saturated carbocycles. The number of methoxy groups -OCH3 is 1. The van der Waals surface area contributed by atoms with E-state index in [-0.39, 0.29) is 23.2 Å². The highest BCUT2D eigenvalue weighted by molar-refractivity contribution is 7.99. The molecule has 36 heavy (non-hydrogen) atoms. The number of esters is 1. The Bertz CT molecular complexity index is 1200. The first-order chi connectivity index (χ1) is 17.1. The third-order valence-electron chi connectivity index (χ3n) is 5.58. The molecule has 1 amide bonds. The molecule has 194 valence electrons. The van der Waals surface area contributed by atoms with Crippen LogP contribution in [0.2, 0.25) is 0 Å². The SMILES string of the molecule is CCc1cc(C(=O)OC)c(NC(=O)CSc2nnc(C(C)Oc3ccc(C(C)(C)C)cc3)n2CC)s1. The number of nitrogens with zero attached hydrogens (tertiary/aromatic N) is 3. The van der Waals surface area contributed by atoms with Crippen LogP contribution in [0.5, 0.6) is 5.75 Å². The lowest BCUT2D eigenvalue weighted by Crippen LogP contribution is -2.16. The first-order valence-electron chi connectivity index (χ1n) is 11.9. The summed E-state index contributed by atoms with van der Waals surface area (Å²) in [5.41, 5.74) is 1.69. The number of ether oxygens (including phenoxy) is 2. The van der Waals surface area contributed by atoms with Crippen LogP contribution in [-0.2, 0) is 27.9 Å². The van der Waals surface area contributed by atoms with Gasteiger partial charge in [-0.2, -0.15) is 0 Å². The monoisotopic (exact) mass is 530 g/mol. The number of carbonyl (C=O) groups excluding carboxylic acids is 2. The van der Waals surface area contributed by atoms with Crippen molar-refractivity contribution < 1.29 is 19.1 Å². The van der Waals surface area contributed by atoms with Crippen molar-refractivity contribution in [3.63, 3.8) is 0 Å². The number of thiophene rings is 1. The number of hydrogen-bond donors (Lipinski definition) is 1. The lowest BCUT2D eigenvalue weighted by Gasteiger charge is -2.20. The van der Waals surface area contributed by atoms with Crippen LogP contribution in [0.15, 0.2) is 35.5 Å². The number of aryl methyl sites for hydroxylation is 1. The molecular weight excluding hydrogens is 496 g/mol. The highest BCUT2D eigenvalue weighted by Crippen LogP contribution is 2.30. The Balaban J connectivity index is 1.65. The fourth-order valence-corrected chi connectivity index (χ4v) is 5.37. The molecule has 0 spiro atoms. The van der Waals surface area contributed by atoms with Crippen LogP contribution in [0.3, 0.4) is 0 Å². The molecule has 0 bridgehead atoms. The van der Waals surface area contributed by atoms with E-state index in [2.05, 4.69) is 48.4 Å². The number of rotatable bonds is 10. The van der Waals surface area contributed by atoms with Gasteiger partial charge in [-0.05, 0) is 49.4 Å². The molecule has 0 saturated heterocycles. The summed E-state index contributed by atoms with van der Waals surface area (Å²) < 4.78 is 12.9. The zero-order valence-electron chi connectivity index (χ0n) is 21.9. The highest BCUT2D eigenvalue weighted by Gasteiger charge is 2.22. The van der Waals surface area contributed by atoms with Gasteiger partial charge in [0.05, 0.1) is 18.4 Å². The predicted molar refractivity (Wildman–Crippen MR) is 144 cm³/mol. The van der Waals surface area contributed by atoms with Gasteiger partial charge in [-0.3, -0.25) is 4.79 Å². The van der Waals surface area contributed by atoms with Crippen LogP contribution in [0.4, 0.5) is 5.00 Å². The largest absolute Gasteiger partial charge is 0.483 e. The van der Waals surface area contributed by atoms with E-state index in [9.17, 15) is 9.59 Å². The molecule has 0 aliphatic heterocycles. The van der Waals surface area contributed by atoms with E-state index in [0.29, 0.717) is 28.1 Å². The lowest BCUT2D eigenvalue weighted by molar-refractivity contribution is -0.113. The van der Waals surface area contributed by atoms with E-state index >= 15 is 0 Å². The van der Waals surface area contributed by atoms with Gasteiger partial charge in [0.15, 0.2) is 17.1 Å². The molecule has 10 heteroatoms. The summed E-state index contributed by atoms with van der Waals surface area (Å²) in [6.45, 7) is 13.1. The summed E-state index contributed by atoms with van der Waals surface area (Å²) >= 11 is 2.67. The van der Waals surface area contributed by atoms with E-state index < -0.39 is 5.97 Å². The Morgan fingerprint density at radius 3 is 2.44 bits per heavy atom. The molecule has 1 unspecified atom stereocenters. The van der Waals surface area contributed by atoms with Gasteiger partial charge in [0.25, 0.3) is 0 Å². The normalized spacial score (nSPS) is 12.3. The van der Waals surface area contributed by atoms with Crippen LogP contribution in [-0.4, -0.2) is 39.5 Å². The van der Waals surface area contributed by atoms with Crippen LogP contribution >= 0.6 is 23.1 Å². The fourth-order valence-electron chi connectivity index (χ4n) is 3.56. The van der Waals surface area contributed by atoms with Crippen molar-refractivity contribution in [2.24, 2.45) is 0 Å². The smallest absolute Gasteiger partial charge is 0.340 e. The van der Waals surface area contributed by atoms with Gasteiger partial charge in [-0.15, -0.1) is 21.5 Å². The molecule has 2 aromatic heterocycles. The number of carbonyl (C=O) groups is 2. The van der Waals surface area contributed by atoms with Crippen LogP contribution in [0.25, 0.3) is 0 Å². The van der Waals surface area contributed by atoms with E-state index in [0.717, 1.165) is 17.0 Å². The number of hydrogen-bond acceptors (Lipinski definition) is 8. The summed E-state index contributed by atoms with van der Waals surface area (Å²) in [6, 6.07) is 9.86. The van der Waals surface area contributed by atoms with Crippen molar-refractivity contribution in [1.29, 1.82) is 0 Å². The average Bonchev–Trinajstić information content (AvgIpc) is 3.45. The van der Waals surface area contributed by atoms with Crippen LogP contribution in [0.1, 0.15) is 74.3 Å². The molecule has 8 nitrogen and oxygen atoms in total. The Hall–Kier alpha value is -2.85. The summed E-state index contributed by atoms with van der Waals surface area (Å²) in [4.78, 5) is 25.7. The van der Waals surface area contributed by atoms with Crippen molar-refractivity contribution in [1.82, 2.24) is 14.8 Å². The lowest BCUT2D eigenvalue weighted by atomic mass is 9.87. The standard InChI is InChI=1S/C26H34N4O4S2/c1-8-19-14-20(24(32)33-7)23(36-19)27-21(31)15-35-25-29-28-22(30(25)9-2)16(3)34-18-12-10-17(11-13-18)26(4,5)6/h10-14,16H,8-9,15H2,1-7H3,(H,27,31). The van der Waals surface area contributed by atoms with Crippen LogP contribution < -0.4 is 10.1 Å². The number of aromatic nitrogens is 3. The number of anilines is 1. The second kappa shape index (κ2) is 11.9. The number of amides is 1. The maximum Gasteiger partial charge on any atom is 0.340 e. The van der Waals surface area contributed by atoms with Gasteiger partial charge >= 0.3 is 5.97 Å². The van der Waals surface area contributed by atoms with Gasteiger partial charge in [0, 0.05) is 11.4 Å². The Kier molecular flexibility index (Phi) is 9.19. The average molecular weight is 531 g/mol. The Labute approximate surface area is 220 Å². The number of thioether (sulfide) groups is 1. The Morgan fingerprint density at radius 1 is 1.17 bits per heavy atom. The zero-order valence-corrected chi connectivity index (χ0v) is 23.5. The van der Waals surface area contributed by atoms with Gasteiger partial charge in [-0.1, -0.05) is 51.6 Å². The topological polar surface area (TPSA) is 95.3 Å². The van der Waals surface area contributed by atoms with E-state index in [1.807, 2.05) is 37.5 Å². The molecule has 1 atom stereocenters. The van der Waals surface area contributed by atoms with Gasteiger partial charge in [0.1, 0.15) is 10.8 Å². The van der Waals surface area contributed by atoms with E-state index in [4.69, 9.17) is 9.47 Å². The molecule has 1 N–H and O–H groups in total. The van der Waals surface area contributed by atoms with Crippen molar-refractivity contribution in [2.45, 2.75) is 71.2 Å². The van der Waals surface area contributed by atoms with Crippen molar-refractivity contribution in [3.05, 3.63) is 52.2 Å². The molecule has 3 aromatic rings. The molecule has 0 aliphatic carbocycles. The quantitative estimate of drug-likeness (QED) is 0.258. The second-order valence-corrected chi connectivity index (χ2v) is 11.3. The van der Waals surface area contributed by atoms with Gasteiger partial charge in [0.2, 0.25) is 5.91 Å². The third kappa shape index (κ3) is 6.67. The summed E-state index contributed by atoms with van der Waals surface area (Å²) in [5.74, 6) is 0.885. The maximum absolute atomic E-state index is 12.7. The predicted octanol–water partition coefficient (Wildman–Crippen LogP) is 5.88. The van der Waals surface area contributed by atoms with E-state index in [1.54, 1.807) is 6.07 Å². The molecule has 0 radical (unpaired) electrons. The first kappa shape index (κ1) is 27.7. The number of benzene rings is 1. The molecule has 0 aliphatic rings. The summed E-state index contributed by atoms with van der Waals surface area (Å²) in [5, 5.41) is 12.6. The zero-order chi connectivity index (χ0) is 26.5. The highest BCUT2D eigenvalue weighted by atomic mass is 32.2. The molecule has 1 aromatic carbocycles. The van der Waals surface area contributed by atoms with Crippen LogP contribution in [0, 0.1) is 0 Å². The Morgan fingerprint density at radius 2 is 1.86 bits per heavy atom. The van der Waals surface area contributed by atoms with Crippen molar-refractivity contribution >= 4 is 40.0 Å². The molecular formula is C26H34N4O4S2. The summed E-state index contributed by atoms with van der Waals surface area (Å²) in [6.07, 6.45) is 0.449.